The molecule has 0 aliphatic rings. The summed E-state index contributed by atoms with van der Waals surface area (Å²) in [4.78, 5) is 14.9. The fraction of sp³-hybridized carbons (Fsp3) is 0.312. The maximum absolute atomic E-state index is 12.4. The number of hydrogen-bond acceptors (Lipinski definition) is 4. The van der Waals surface area contributed by atoms with Crippen molar-refractivity contribution < 1.29 is 9.53 Å². The molecule has 0 aliphatic carbocycles. The molecule has 0 fully saturated rings. The standard InChI is InChI=1S/C16H20N2O2S/c1-9-7-14(11(3)21-9)10(2)18-16(19)13-6-5-12(17)8-15(13)20-4/h5-8,10H,17H2,1-4H3,(H,18,19). The van der Waals surface area contributed by atoms with Crippen molar-refractivity contribution in [1.29, 1.82) is 0 Å². The highest BCUT2D eigenvalue weighted by Gasteiger charge is 2.17. The summed E-state index contributed by atoms with van der Waals surface area (Å²) in [5.74, 6) is 0.320. The molecule has 2 rings (SSSR count). The molecule has 1 aromatic heterocycles. The summed E-state index contributed by atoms with van der Waals surface area (Å²) in [6.07, 6.45) is 0. The smallest absolute Gasteiger partial charge is 0.255 e. The molecule has 1 heterocycles. The number of methoxy groups -OCH3 is 1. The van der Waals surface area contributed by atoms with E-state index in [0.29, 0.717) is 17.0 Å². The number of nitrogens with two attached hydrogens (primary N) is 1. The van der Waals surface area contributed by atoms with E-state index in [-0.39, 0.29) is 11.9 Å². The van der Waals surface area contributed by atoms with E-state index in [0.717, 1.165) is 5.56 Å². The van der Waals surface area contributed by atoms with E-state index in [2.05, 4.69) is 25.2 Å². The number of carbonyl (C=O) groups excluding carboxylic acids is 1. The number of amides is 1. The minimum absolute atomic E-state index is 0.0512. The first kappa shape index (κ1) is 15.4. The summed E-state index contributed by atoms with van der Waals surface area (Å²) >= 11 is 1.74. The van der Waals surface area contributed by atoms with Gasteiger partial charge in [0.2, 0.25) is 0 Å². The van der Waals surface area contributed by atoms with E-state index in [9.17, 15) is 4.79 Å². The summed E-state index contributed by atoms with van der Waals surface area (Å²) in [5.41, 5.74) is 7.92. The fourth-order valence-corrected chi connectivity index (χ4v) is 3.35. The molecule has 4 nitrogen and oxygen atoms in total. The lowest BCUT2D eigenvalue weighted by atomic mass is 10.1. The van der Waals surface area contributed by atoms with Crippen molar-refractivity contribution >= 4 is 22.9 Å². The van der Waals surface area contributed by atoms with Gasteiger partial charge in [0.25, 0.3) is 5.91 Å². The number of anilines is 1. The summed E-state index contributed by atoms with van der Waals surface area (Å²) < 4.78 is 5.22. The van der Waals surface area contributed by atoms with Crippen LogP contribution in [0, 0.1) is 13.8 Å². The minimum atomic E-state index is -0.164. The third-order valence-electron chi connectivity index (χ3n) is 3.36. The van der Waals surface area contributed by atoms with Crippen LogP contribution in [0.15, 0.2) is 24.3 Å². The van der Waals surface area contributed by atoms with Gasteiger partial charge >= 0.3 is 0 Å². The van der Waals surface area contributed by atoms with Gasteiger partial charge in [-0.3, -0.25) is 4.79 Å². The van der Waals surface area contributed by atoms with Crippen LogP contribution in [0.5, 0.6) is 5.75 Å². The van der Waals surface area contributed by atoms with Gasteiger partial charge in [-0.05, 0) is 44.5 Å². The monoisotopic (exact) mass is 304 g/mol. The van der Waals surface area contributed by atoms with E-state index in [4.69, 9.17) is 10.5 Å². The Hall–Kier alpha value is -2.01. The summed E-state index contributed by atoms with van der Waals surface area (Å²) in [5, 5.41) is 3.01. The largest absolute Gasteiger partial charge is 0.496 e. The van der Waals surface area contributed by atoms with Crippen molar-refractivity contribution in [2.75, 3.05) is 12.8 Å². The molecule has 0 aliphatic heterocycles. The van der Waals surface area contributed by atoms with Crippen LogP contribution in [0.2, 0.25) is 0 Å². The van der Waals surface area contributed by atoms with Crippen molar-refractivity contribution in [2.45, 2.75) is 26.8 Å². The third-order valence-corrected chi connectivity index (χ3v) is 4.35. The van der Waals surface area contributed by atoms with Crippen LogP contribution < -0.4 is 15.8 Å². The zero-order valence-electron chi connectivity index (χ0n) is 12.7. The quantitative estimate of drug-likeness (QED) is 0.850. The van der Waals surface area contributed by atoms with Crippen LogP contribution in [-0.2, 0) is 0 Å². The van der Waals surface area contributed by atoms with Gasteiger partial charge in [-0.25, -0.2) is 0 Å². The van der Waals surface area contributed by atoms with Crippen LogP contribution in [0.3, 0.4) is 0 Å². The Morgan fingerprint density at radius 2 is 2.05 bits per heavy atom. The van der Waals surface area contributed by atoms with Gasteiger partial charge in [-0.2, -0.15) is 0 Å². The number of hydrogen-bond donors (Lipinski definition) is 2. The molecule has 1 aromatic carbocycles. The number of nitrogens with one attached hydrogen (secondary N) is 1. The van der Waals surface area contributed by atoms with Crippen molar-refractivity contribution in [2.24, 2.45) is 0 Å². The Kier molecular flexibility index (Phi) is 4.53. The van der Waals surface area contributed by atoms with Gasteiger partial charge in [0.1, 0.15) is 5.75 Å². The van der Waals surface area contributed by atoms with Gasteiger partial charge in [0.15, 0.2) is 0 Å². The van der Waals surface area contributed by atoms with E-state index < -0.39 is 0 Å². The first-order valence-corrected chi connectivity index (χ1v) is 7.55. The maximum Gasteiger partial charge on any atom is 0.255 e. The molecule has 0 spiro atoms. The van der Waals surface area contributed by atoms with Gasteiger partial charge in [-0.15, -0.1) is 11.3 Å². The number of thiophene rings is 1. The van der Waals surface area contributed by atoms with Crippen molar-refractivity contribution in [3.8, 4) is 5.75 Å². The molecule has 21 heavy (non-hydrogen) atoms. The Bertz CT molecular complexity index is 664. The Balaban J connectivity index is 2.20. The number of aryl methyl sites for hydroxylation is 2. The Morgan fingerprint density at radius 1 is 1.33 bits per heavy atom. The molecule has 1 amide bonds. The van der Waals surface area contributed by atoms with E-state index in [1.807, 2.05) is 6.92 Å². The van der Waals surface area contributed by atoms with Gasteiger partial charge in [-0.1, -0.05) is 0 Å². The average molecular weight is 304 g/mol. The lowest BCUT2D eigenvalue weighted by Gasteiger charge is -2.15. The highest BCUT2D eigenvalue weighted by Crippen LogP contribution is 2.27. The number of rotatable bonds is 4. The van der Waals surface area contributed by atoms with Crippen LogP contribution in [0.1, 0.15) is 38.6 Å². The van der Waals surface area contributed by atoms with Crippen molar-refractivity contribution in [3.05, 3.63) is 45.1 Å². The second-order valence-electron chi connectivity index (χ2n) is 5.02. The molecule has 3 N–H and O–H groups in total. The SMILES string of the molecule is COc1cc(N)ccc1C(=O)NC(C)c1cc(C)sc1C. The second-order valence-corrected chi connectivity index (χ2v) is 6.48. The zero-order chi connectivity index (χ0) is 15.6. The molecular weight excluding hydrogens is 284 g/mol. The fourth-order valence-electron chi connectivity index (χ4n) is 2.33. The summed E-state index contributed by atoms with van der Waals surface area (Å²) in [6, 6.07) is 7.10. The lowest BCUT2D eigenvalue weighted by Crippen LogP contribution is -2.27. The first-order chi connectivity index (χ1) is 9.92. The zero-order valence-corrected chi connectivity index (χ0v) is 13.5. The first-order valence-electron chi connectivity index (χ1n) is 6.73. The molecule has 1 unspecified atom stereocenters. The van der Waals surface area contributed by atoms with Gasteiger partial charge in [0.05, 0.1) is 18.7 Å². The van der Waals surface area contributed by atoms with Crippen LogP contribution in [0.4, 0.5) is 5.69 Å². The molecule has 112 valence electrons. The number of ether oxygens (including phenoxy) is 1. The predicted molar refractivity (Wildman–Crippen MR) is 87.1 cm³/mol. The second kappa shape index (κ2) is 6.18. The third kappa shape index (κ3) is 3.36. The molecule has 0 saturated heterocycles. The minimum Gasteiger partial charge on any atom is -0.496 e. The maximum atomic E-state index is 12.4. The highest BCUT2D eigenvalue weighted by molar-refractivity contribution is 7.12. The number of benzene rings is 1. The molecule has 1 atom stereocenters. The average Bonchev–Trinajstić information content (AvgIpc) is 2.77. The molecule has 0 radical (unpaired) electrons. The van der Waals surface area contributed by atoms with E-state index in [1.54, 1.807) is 29.5 Å². The van der Waals surface area contributed by atoms with Crippen LogP contribution in [0.25, 0.3) is 0 Å². The predicted octanol–water partition coefficient (Wildman–Crippen LogP) is 3.45. The molecule has 0 saturated carbocycles. The van der Waals surface area contributed by atoms with Crippen LogP contribution in [-0.4, -0.2) is 13.0 Å². The molecule has 2 aromatic rings. The number of carbonyl (C=O) groups is 1. The summed E-state index contributed by atoms with van der Waals surface area (Å²) in [6.45, 7) is 6.12. The van der Waals surface area contributed by atoms with E-state index in [1.165, 1.54) is 16.9 Å². The molecular formula is C16H20N2O2S. The molecule has 5 heteroatoms. The summed E-state index contributed by atoms with van der Waals surface area (Å²) in [7, 11) is 1.53. The van der Waals surface area contributed by atoms with Crippen LogP contribution >= 0.6 is 11.3 Å². The van der Waals surface area contributed by atoms with Crippen molar-refractivity contribution in [1.82, 2.24) is 5.32 Å². The van der Waals surface area contributed by atoms with Crippen molar-refractivity contribution in [3.63, 3.8) is 0 Å². The van der Waals surface area contributed by atoms with Gasteiger partial charge < -0.3 is 15.8 Å². The van der Waals surface area contributed by atoms with E-state index >= 15 is 0 Å². The lowest BCUT2D eigenvalue weighted by molar-refractivity contribution is 0.0937. The number of nitrogen functional groups attached to an aromatic ring is 1. The highest BCUT2D eigenvalue weighted by atomic mass is 32.1. The molecule has 0 bridgehead atoms. The normalized spacial score (nSPS) is 12.0. The van der Waals surface area contributed by atoms with Gasteiger partial charge in [0, 0.05) is 21.5 Å². The Labute approximate surface area is 128 Å². The Morgan fingerprint density at radius 3 is 2.62 bits per heavy atom. The topological polar surface area (TPSA) is 64.3 Å².